The van der Waals surface area contributed by atoms with Crippen molar-refractivity contribution in [1.29, 1.82) is 0 Å². The summed E-state index contributed by atoms with van der Waals surface area (Å²) in [4.78, 5) is 23.4. The van der Waals surface area contributed by atoms with E-state index in [1.54, 1.807) is 12.1 Å². The van der Waals surface area contributed by atoms with Crippen molar-refractivity contribution in [2.45, 2.75) is 19.8 Å². The number of nitrogens with one attached hydrogen (secondary N) is 2. The Morgan fingerprint density at radius 1 is 1.00 bits per heavy atom. The van der Waals surface area contributed by atoms with Gasteiger partial charge in [0.25, 0.3) is 0 Å². The molecule has 2 aromatic carbocycles. The van der Waals surface area contributed by atoms with E-state index in [1.165, 1.54) is 30.5 Å². The lowest BCUT2D eigenvalue weighted by Crippen LogP contribution is -2.32. The van der Waals surface area contributed by atoms with Gasteiger partial charge in [-0.3, -0.25) is 9.59 Å². The van der Waals surface area contributed by atoms with Crippen molar-refractivity contribution in [3.8, 4) is 0 Å². The first-order valence-electron chi connectivity index (χ1n) is 7.45. The topological polar surface area (TPSA) is 70.6 Å². The van der Waals surface area contributed by atoms with Gasteiger partial charge in [0.05, 0.1) is 6.21 Å². The molecule has 0 aromatic heterocycles. The summed E-state index contributed by atoms with van der Waals surface area (Å²) in [7, 11) is 0. The third kappa shape index (κ3) is 5.01. The summed E-state index contributed by atoms with van der Waals surface area (Å²) in [6, 6.07) is 12.8. The van der Waals surface area contributed by atoms with Crippen LogP contribution in [0.3, 0.4) is 0 Å². The molecule has 2 amide bonds. The van der Waals surface area contributed by atoms with Gasteiger partial charge in [-0.15, -0.1) is 0 Å². The highest BCUT2D eigenvalue weighted by molar-refractivity contribution is 6.39. The summed E-state index contributed by atoms with van der Waals surface area (Å²) < 4.78 is 12.8. The van der Waals surface area contributed by atoms with Crippen LogP contribution in [0.5, 0.6) is 0 Å². The second kappa shape index (κ2) is 8.01. The van der Waals surface area contributed by atoms with Crippen molar-refractivity contribution >= 4 is 23.7 Å². The lowest BCUT2D eigenvalue weighted by Gasteiger charge is -2.07. The zero-order valence-electron chi connectivity index (χ0n) is 13.4. The lowest BCUT2D eigenvalue weighted by molar-refractivity contribution is -0.136. The summed E-state index contributed by atoms with van der Waals surface area (Å²) >= 11 is 0. The molecule has 2 N–H and O–H groups in total. The zero-order chi connectivity index (χ0) is 17.5. The maximum Gasteiger partial charge on any atom is 0.329 e. The number of hydrazone groups is 1. The number of hydrogen-bond donors (Lipinski definition) is 2. The molecular weight excluding hydrogens is 309 g/mol. The van der Waals surface area contributed by atoms with E-state index in [4.69, 9.17) is 0 Å². The van der Waals surface area contributed by atoms with Crippen LogP contribution in [0.4, 0.5) is 10.1 Å². The summed E-state index contributed by atoms with van der Waals surface area (Å²) in [5.74, 6) is -1.68. The molecule has 0 heterocycles. The number of halogens is 1. The van der Waals surface area contributed by atoms with Crippen molar-refractivity contribution in [3.63, 3.8) is 0 Å². The lowest BCUT2D eigenvalue weighted by atomic mass is 10.0. The Bertz CT molecular complexity index is 738. The van der Waals surface area contributed by atoms with Crippen LogP contribution in [0, 0.1) is 5.82 Å². The minimum Gasteiger partial charge on any atom is -0.318 e. The van der Waals surface area contributed by atoms with Crippen LogP contribution in [0.25, 0.3) is 0 Å². The number of anilines is 1. The van der Waals surface area contributed by atoms with E-state index in [1.807, 2.05) is 12.1 Å². The van der Waals surface area contributed by atoms with E-state index < -0.39 is 11.8 Å². The molecule has 0 saturated carbocycles. The minimum atomic E-state index is -0.888. The average molecular weight is 327 g/mol. The van der Waals surface area contributed by atoms with E-state index >= 15 is 0 Å². The molecule has 0 saturated heterocycles. The Morgan fingerprint density at radius 2 is 1.62 bits per heavy atom. The van der Waals surface area contributed by atoms with E-state index in [0.29, 0.717) is 17.2 Å². The van der Waals surface area contributed by atoms with Gasteiger partial charge in [-0.25, -0.2) is 9.82 Å². The van der Waals surface area contributed by atoms with Crippen LogP contribution in [0.15, 0.2) is 53.6 Å². The maximum atomic E-state index is 12.8. The minimum absolute atomic E-state index is 0.362. The number of carbonyl (C=O) groups excluding carboxylic acids is 2. The molecule has 0 aliphatic heterocycles. The molecule has 124 valence electrons. The van der Waals surface area contributed by atoms with Crippen molar-refractivity contribution in [2.24, 2.45) is 5.10 Å². The summed E-state index contributed by atoms with van der Waals surface area (Å²) in [5, 5.41) is 6.15. The molecule has 0 radical (unpaired) electrons. The quantitative estimate of drug-likeness (QED) is 0.515. The van der Waals surface area contributed by atoms with Gasteiger partial charge < -0.3 is 5.32 Å². The molecule has 0 bridgehead atoms. The number of benzene rings is 2. The van der Waals surface area contributed by atoms with Crippen molar-refractivity contribution in [3.05, 3.63) is 65.5 Å². The molecule has 2 rings (SSSR count). The molecule has 0 unspecified atom stereocenters. The highest BCUT2D eigenvalue weighted by atomic mass is 19.1. The third-order valence-electron chi connectivity index (χ3n) is 3.29. The van der Waals surface area contributed by atoms with Gasteiger partial charge in [0, 0.05) is 5.69 Å². The van der Waals surface area contributed by atoms with Crippen LogP contribution in [-0.2, 0) is 9.59 Å². The molecule has 0 aliphatic rings. The van der Waals surface area contributed by atoms with Crippen LogP contribution in [0.1, 0.15) is 30.9 Å². The largest absolute Gasteiger partial charge is 0.329 e. The molecule has 6 heteroatoms. The Balaban J connectivity index is 1.87. The van der Waals surface area contributed by atoms with Crippen molar-refractivity contribution in [1.82, 2.24) is 5.43 Å². The predicted molar refractivity (Wildman–Crippen MR) is 91.3 cm³/mol. The molecule has 24 heavy (non-hydrogen) atoms. The second-order valence-electron chi connectivity index (χ2n) is 5.48. The second-order valence-corrected chi connectivity index (χ2v) is 5.48. The summed E-state index contributed by atoms with van der Waals surface area (Å²) in [5.41, 5.74) is 4.39. The fraction of sp³-hybridized carbons (Fsp3) is 0.167. The monoisotopic (exact) mass is 327 g/mol. The van der Waals surface area contributed by atoms with Gasteiger partial charge in [-0.05, 0) is 41.3 Å². The maximum absolute atomic E-state index is 12.8. The SMILES string of the molecule is CC(C)c1ccc(NC(=O)C(=O)N/N=C/c2ccc(F)cc2)cc1. The van der Waals surface area contributed by atoms with Crippen LogP contribution < -0.4 is 10.7 Å². The molecule has 0 spiro atoms. The first-order chi connectivity index (χ1) is 11.5. The first-order valence-corrected chi connectivity index (χ1v) is 7.45. The number of amides is 2. The van der Waals surface area contributed by atoms with Gasteiger partial charge in [0.15, 0.2) is 0 Å². The van der Waals surface area contributed by atoms with Gasteiger partial charge in [0.1, 0.15) is 5.82 Å². The average Bonchev–Trinajstić information content (AvgIpc) is 2.57. The fourth-order valence-corrected chi connectivity index (χ4v) is 1.90. The first kappa shape index (κ1) is 17.3. The van der Waals surface area contributed by atoms with Crippen LogP contribution >= 0.6 is 0 Å². The Hall–Kier alpha value is -3.02. The van der Waals surface area contributed by atoms with E-state index in [-0.39, 0.29) is 5.82 Å². The van der Waals surface area contributed by atoms with Gasteiger partial charge in [0.2, 0.25) is 0 Å². The number of carbonyl (C=O) groups is 2. The van der Waals surface area contributed by atoms with E-state index in [9.17, 15) is 14.0 Å². The standard InChI is InChI=1S/C18H18FN3O2/c1-12(2)14-5-9-16(10-6-14)21-17(23)18(24)22-20-11-13-3-7-15(19)8-4-13/h3-12H,1-2H3,(H,21,23)(H,22,24)/b20-11+. The van der Waals surface area contributed by atoms with E-state index in [0.717, 1.165) is 5.56 Å². The number of rotatable bonds is 4. The molecule has 2 aromatic rings. The smallest absolute Gasteiger partial charge is 0.318 e. The zero-order valence-corrected chi connectivity index (χ0v) is 13.4. The molecule has 0 aliphatic carbocycles. The molecule has 0 fully saturated rings. The van der Waals surface area contributed by atoms with Crippen molar-refractivity contribution in [2.75, 3.05) is 5.32 Å². The van der Waals surface area contributed by atoms with Crippen molar-refractivity contribution < 1.29 is 14.0 Å². The van der Waals surface area contributed by atoms with Gasteiger partial charge in [-0.1, -0.05) is 38.1 Å². The molecule has 0 atom stereocenters. The summed E-state index contributed by atoms with van der Waals surface area (Å²) in [6.07, 6.45) is 1.32. The Kier molecular flexibility index (Phi) is 5.78. The van der Waals surface area contributed by atoms with E-state index in [2.05, 4.69) is 29.7 Å². The molecular formula is C18H18FN3O2. The highest BCUT2D eigenvalue weighted by Crippen LogP contribution is 2.16. The third-order valence-corrected chi connectivity index (χ3v) is 3.29. The number of nitrogens with zero attached hydrogens (tertiary/aromatic N) is 1. The highest BCUT2D eigenvalue weighted by Gasteiger charge is 2.12. The van der Waals surface area contributed by atoms with Crippen LogP contribution in [-0.4, -0.2) is 18.0 Å². The summed E-state index contributed by atoms with van der Waals surface area (Å²) in [6.45, 7) is 4.14. The van der Waals surface area contributed by atoms with Gasteiger partial charge in [-0.2, -0.15) is 5.10 Å². The molecule has 5 nitrogen and oxygen atoms in total. The fourth-order valence-electron chi connectivity index (χ4n) is 1.90. The normalized spacial score (nSPS) is 10.8. The Morgan fingerprint density at radius 3 is 2.21 bits per heavy atom. The number of hydrogen-bond acceptors (Lipinski definition) is 3. The Labute approximate surface area is 139 Å². The predicted octanol–water partition coefficient (Wildman–Crippen LogP) is 3.04. The van der Waals surface area contributed by atoms with Gasteiger partial charge >= 0.3 is 11.8 Å². The van der Waals surface area contributed by atoms with Crippen LogP contribution in [0.2, 0.25) is 0 Å².